The summed E-state index contributed by atoms with van der Waals surface area (Å²) in [6.45, 7) is 10.7. The zero-order valence-electron chi connectivity index (χ0n) is 16.5. The summed E-state index contributed by atoms with van der Waals surface area (Å²) >= 11 is 1.26. The predicted molar refractivity (Wildman–Crippen MR) is 110 cm³/mol. The van der Waals surface area contributed by atoms with Crippen molar-refractivity contribution in [2.24, 2.45) is 5.41 Å². The minimum Gasteiger partial charge on any atom is -0.490 e. The van der Waals surface area contributed by atoms with Crippen LogP contribution in [0.5, 0.6) is 11.5 Å². The predicted octanol–water partition coefficient (Wildman–Crippen LogP) is 2.85. The molecule has 0 spiro atoms. The molecule has 6 heteroatoms. The second kappa shape index (κ2) is 9.04. The Morgan fingerprint density at radius 1 is 1.19 bits per heavy atom. The maximum absolute atomic E-state index is 12.2. The molecule has 0 atom stereocenters. The minimum atomic E-state index is -0.481. The van der Waals surface area contributed by atoms with E-state index in [9.17, 15) is 9.59 Å². The molecule has 1 N–H and O–H groups in total. The highest BCUT2D eigenvalue weighted by molar-refractivity contribution is 7.07. The molecule has 0 aliphatic rings. The molecule has 0 amide bonds. The first-order valence-electron chi connectivity index (χ1n) is 9.11. The van der Waals surface area contributed by atoms with E-state index in [1.54, 1.807) is 6.08 Å². The monoisotopic (exact) mass is 389 g/mol. The molecule has 0 fully saturated rings. The molecule has 0 saturated heterocycles. The average molecular weight is 390 g/mol. The average Bonchev–Trinajstić information content (AvgIpc) is 2.93. The van der Waals surface area contributed by atoms with Gasteiger partial charge in [-0.25, -0.2) is 0 Å². The van der Waals surface area contributed by atoms with E-state index >= 15 is 0 Å². The molecule has 27 heavy (non-hydrogen) atoms. The quantitative estimate of drug-likeness (QED) is 0.791. The molecule has 2 aromatic rings. The Bertz CT molecular complexity index is 963. The third-order valence-electron chi connectivity index (χ3n) is 3.71. The van der Waals surface area contributed by atoms with Crippen LogP contribution < -0.4 is 24.2 Å². The summed E-state index contributed by atoms with van der Waals surface area (Å²) in [5.41, 5.74) is 0.145. The van der Waals surface area contributed by atoms with E-state index in [1.807, 2.05) is 52.8 Å². The van der Waals surface area contributed by atoms with E-state index in [-0.39, 0.29) is 11.3 Å². The van der Waals surface area contributed by atoms with Gasteiger partial charge in [0.15, 0.2) is 17.3 Å². The van der Waals surface area contributed by atoms with Gasteiger partial charge >= 0.3 is 0 Å². The Morgan fingerprint density at radius 3 is 2.56 bits per heavy atom. The molecule has 1 heterocycles. The number of Topliss-reactive ketones (excluding diaryl/α,β-unsaturated/α-hetero) is 1. The van der Waals surface area contributed by atoms with Crippen LogP contribution in [0.4, 0.5) is 0 Å². The fraction of sp³-hybridized carbons (Fsp3) is 0.429. The molecule has 0 aliphatic carbocycles. The first kappa shape index (κ1) is 21.0. The number of aromatic nitrogens is 1. The van der Waals surface area contributed by atoms with Crippen molar-refractivity contribution >= 4 is 29.3 Å². The summed E-state index contributed by atoms with van der Waals surface area (Å²) in [5, 5.41) is 0. The van der Waals surface area contributed by atoms with Crippen molar-refractivity contribution in [2.45, 2.75) is 41.0 Å². The molecule has 5 nitrogen and oxygen atoms in total. The Morgan fingerprint density at radius 2 is 1.93 bits per heavy atom. The second-order valence-corrected chi connectivity index (χ2v) is 8.26. The topological polar surface area (TPSA) is 68.4 Å². The van der Waals surface area contributed by atoms with E-state index < -0.39 is 5.41 Å². The highest BCUT2D eigenvalue weighted by Gasteiger charge is 2.18. The molecular weight excluding hydrogens is 362 g/mol. The summed E-state index contributed by atoms with van der Waals surface area (Å²) in [6.07, 6.45) is 4.20. The van der Waals surface area contributed by atoms with Crippen LogP contribution in [-0.2, 0) is 4.79 Å². The number of ether oxygens (including phenoxy) is 2. The Kier molecular flexibility index (Phi) is 7.02. The highest BCUT2D eigenvalue weighted by Crippen LogP contribution is 2.28. The normalized spacial score (nSPS) is 13.1. The highest BCUT2D eigenvalue weighted by atomic mass is 32.1. The van der Waals surface area contributed by atoms with Crippen molar-refractivity contribution in [3.8, 4) is 11.5 Å². The van der Waals surface area contributed by atoms with Gasteiger partial charge in [-0.2, -0.15) is 0 Å². The molecule has 1 aromatic heterocycles. The van der Waals surface area contributed by atoms with Crippen LogP contribution in [0.15, 0.2) is 23.0 Å². The lowest BCUT2D eigenvalue weighted by Gasteiger charge is -2.12. The van der Waals surface area contributed by atoms with Gasteiger partial charge in [-0.3, -0.25) is 9.59 Å². The number of H-pyrrole nitrogens is 1. The molecule has 0 aliphatic heterocycles. The lowest BCUT2D eigenvalue weighted by molar-refractivity contribution is -0.119. The van der Waals surface area contributed by atoms with Crippen molar-refractivity contribution in [2.75, 3.05) is 13.2 Å². The number of rotatable bonds is 7. The lowest BCUT2D eigenvalue weighted by atomic mass is 9.91. The number of thiazole rings is 1. The molecule has 1 aromatic carbocycles. The van der Waals surface area contributed by atoms with Gasteiger partial charge in [-0.05, 0) is 37.1 Å². The summed E-state index contributed by atoms with van der Waals surface area (Å²) in [5.74, 6) is 1.32. The number of benzene rings is 1. The van der Waals surface area contributed by atoms with Crippen LogP contribution in [0.1, 0.15) is 46.6 Å². The summed E-state index contributed by atoms with van der Waals surface area (Å²) in [4.78, 5) is 27.1. The fourth-order valence-corrected chi connectivity index (χ4v) is 3.11. The van der Waals surface area contributed by atoms with Crippen molar-refractivity contribution < 1.29 is 14.3 Å². The molecule has 0 radical (unpaired) electrons. The van der Waals surface area contributed by atoms with Gasteiger partial charge in [0.2, 0.25) is 0 Å². The number of nitrogens with one attached hydrogen (secondary N) is 1. The molecule has 146 valence electrons. The Balaban J connectivity index is 2.41. The van der Waals surface area contributed by atoms with E-state index in [0.29, 0.717) is 33.9 Å². The molecular formula is C21H27NO4S. The molecule has 0 bridgehead atoms. The van der Waals surface area contributed by atoms with Crippen molar-refractivity contribution in [3.63, 3.8) is 0 Å². The summed E-state index contributed by atoms with van der Waals surface area (Å²) < 4.78 is 12.4. The molecule has 2 rings (SSSR count). The van der Waals surface area contributed by atoms with Crippen molar-refractivity contribution in [3.05, 3.63) is 43.3 Å². The zero-order valence-corrected chi connectivity index (χ0v) is 17.4. The number of hydrogen-bond donors (Lipinski definition) is 1. The van der Waals surface area contributed by atoms with E-state index in [4.69, 9.17) is 9.47 Å². The second-order valence-electron chi connectivity index (χ2n) is 7.18. The smallest absolute Gasteiger partial charge is 0.266 e. The largest absolute Gasteiger partial charge is 0.490 e. The van der Waals surface area contributed by atoms with Crippen LogP contribution >= 0.6 is 11.3 Å². The van der Waals surface area contributed by atoms with Crippen LogP contribution in [0.25, 0.3) is 12.2 Å². The lowest BCUT2D eigenvalue weighted by Crippen LogP contribution is -2.22. The van der Waals surface area contributed by atoms with Gasteiger partial charge in [-0.1, -0.05) is 33.8 Å². The minimum absolute atomic E-state index is 0.0254. The molecule has 0 unspecified atom stereocenters. The number of hydrogen-bond acceptors (Lipinski definition) is 5. The van der Waals surface area contributed by atoms with Gasteiger partial charge in [0, 0.05) is 11.5 Å². The third-order valence-corrected chi connectivity index (χ3v) is 4.67. The van der Waals surface area contributed by atoms with Gasteiger partial charge in [0.25, 0.3) is 5.56 Å². The van der Waals surface area contributed by atoms with E-state index in [0.717, 1.165) is 12.0 Å². The summed E-state index contributed by atoms with van der Waals surface area (Å²) in [7, 11) is 0. The van der Waals surface area contributed by atoms with Gasteiger partial charge in [0.05, 0.1) is 22.4 Å². The van der Waals surface area contributed by atoms with Crippen LogP contribution in [-0.4, -0.2) is 24.0 Å². The van der Waals surface area contributed by atoms with E-state index in [2.05, 4.69) is 4.98 Å². The number of ketones is 1. The first-order chi connectivity index (χ1) is 12.7. The first-order valence-corrected chi connectivity index (χ1v) is 9.93. The SMILES string of the molecule is CCCOc1ccc(/C=c2\s/c(=C\C(=O)C(C)(C)C)[nH]c2=O)cc1OCC. The van der Waals surface area contributed by atoms with E-state index in [1.165, 1.54) is 17.4 Å². The maximum Gasteiger partial charge on any atom is 0.266 e. The number of aromatic amines is 1. The number of carbonyl (C=O) groups excluding carboxylic acids is 1. The van der Waals surface area contributed by atoms with Gasteiger partial charge in [0.1, 0.15) is 0 Å². The van der Waals surface area contributed by atoms with Crippen molar-refractivity contribution in [1.29, 1.82) is 0 Å². The van der Waals surface area contributed by atoms with Crippen LogP contribution in [0, 0.1) is 5.41 Å². The third kappa shape index (κ3) is 5.82. The molecule has 0 saturated carbocycles. The Labute approximate surface area is 163 Å². The maximum atomic E-state index is 12.2. The van der Waals surface area contributed by atoms with Crippen LogP contribution in [0.2, 0.25) is 0 Å². The number of carbonyl (C=O) groups is 1. The zero-order chi connectivity index (χ0) is 20.0. The fourth-order valence-electron chi connectivity index (χ4n) is 2.23. The van der Waals surface area contributed by atoms with Gasteiger partial charge < -0.3 is 14.5 Å². The Hall–Kier alpha value is -2.34. The van der Waals surface area contributed by atoms with Crippen molar-refractivity contribution in [1.82, 2.24) is 4.98 Å². The summed E-state index contributed by atoms with van der Waals surface area (Å²) in [6, 6.07) is 5.60. The standard InChI is InChI=1S/C21H27NO4S/c1-6-10-26-15-9-8-14(11-16(15)25-7-2)12-17-20(24)22-19(27-17)13-18(23)21(3,4)5/h8-9,11-13H,6-7,10H2,1-5H3,(H,22,24)/b17-12-,19-13-. The van der Waals surface area contributed by atoms with Crippen LogP contribution in [0.3, 0.4) is 0 Å². The van der Waals surface area contributed by atoms with Gasteiger partial charge in [-0.15, -0.1) is 11.3 Å².